The number of rotatable bonds is 12. The summed E-state index contributed by atoms with van der Waals surface area (Å²) in [5.41, 5.74) is -0.601. The molecule has 0 bridgehead atoms. The Morgan fingerprint density at radius 2 is 1.38 bits per heavy atom. The van der Waals surface area contributed by atoms with Crippen molar-refractivity contribution in [3.05, 3.63) is 54.1 Å². The lowest BCUT2D eigenvalue weighted by atomic mass is 9.80. The van der Waals surface area contributed by atoms with Gasteiger partial charge < -0.3 is 18.9 Å². The van der Waals surface area contributed by atoms with E-state index in [0.717, 1.165) is 5.56 Å². The molecule has 0 amide bonds. The lowest BCUT2D eigenvalue weighted by molar-refractivity contribution is -0.168. The zero-order valence-corrected chi connectivity index (χ0v) is 19.3. The smallest absolute Gasteiger partial charge is 0.468 e. The largest absolute Gasteiger partial charge is 0.508 e. The van der Waals surface area contributed by atoms with Gasteiger partial charge in [-0.15, -0.1) is 0 Å². The fraction of sp³-hybridized carbons (Fsp3) is 0.409. The second kappa shape index (κ2) is 14.2. The van der Waals surface area contributed by atoms with Crippen LogP contribution >= 0.6 is 0 Å². The molecule has 0 saturated heterocycles. The van der Waals surface area contributed by atoms with E-state index in [-0.39, 0.29) is 26.1 Å². The monoisotopic (exact) mass is 468 g/mol. The molecule has 0 heterocycles. The van der Waals surface area contributed by atoms with Gasteiger partial charge in [-0.2, -0.15) is 0 Å². The number of carbonyl (C=O) groups is 3. The van der Waals surface area contributed by atoms with Crippen LogP contribution in [0.1, 0.15) is 18.4 Å². The van der Waals surface area contributed by atoms with E-state index in [9.17, 15) is 18.6 Å². The molecular weight excluding hydrogens is 440 g/mol. The lowest BCUT2D eigenvalue weighted by Gasteiger charge is -2.25. The number of esters is 2. The summed E-state index contributed by atoms with van der Waals surface area (Å²) < 4.78 is 36.1. The number of methoxy groups -OCH3 is 3. The molecule has 10 heteroatoms. The highest BCUT2D eigenvalue weighted by Crippen LogP contribution is 2.31. The van der Waals surface area contributed by atoms with Gasteiger partial charge in [0.2, 0.25) is 0 Å². The van der Waals surface area contributed by atoms with Gasteiger partial charge in [0.25, 0.3) is 0 Å². The van der Waals surface area contributed by atoms with Crippen LogP contribution in [-0.2, 0) is 43.8 Å². The Morgan fingerprint density at radius 1 is 0.844 bits per heavy atom. The van der Waals surface area contributed by atoms with Crippen molar-refractivity contribution in [2.75, 3.05) is 34.5 Å². The summed E-state index contributed by atoms with van der Waals surface area (Å²) in [5.74, 6) is -1.56. The van der Waals surface area contributed by atoms with Crippen LogP contribution in [0.15, 0.2) is 53.5 Å². The molecule has 0 saturated carbocycles. The minimum absolute atomic E-state index is 0.00171. The van der Waals surface area contributed by atoms with Crippen molar-refractivity contribution in [1.82, 2.24) is 0 Å². The quantitative estimate of drug-likeness (QED) is 0.198. The van der Waals surface area contributed by atoms with Gasteiger partial charge in [0.05, 0.1) is 32.8 Å². The molecule has 9 nitrogen and oxygen atoms in total. The van der Waals surface area contributed by atoms with Gasteiger partial charge >= 0.3 is 18.1 Å². The summed E-state index contributed by atoms with van der Waals surface area (Å²) in [6.45, 7) is 1.83. The minimum Gasteiger partial charge on any atom is -0.468 e. The Kier molecular flexibility index (Phi) is 12.0. The Balaban J connectivity index is 2.79. The average Bonchev–Trinajstić information content (AvgIpc) is 2.81. The average molecular weight is 469 g/mol. The molecule has 0 spiro atoms. The first-order valence-electron chi connectivity index (χ1n) is 9.60. The molecule has 0 fully saturated rings. The van der Waals surface area contributed by atoms with E-state index in [2.05, 4.69) is 4.74 Å². The molecule has 0 aromatic heterocycles. The third kappa shape index (κ3) is 8.27. The molecular formula is C22H28O9S. The number of hydrogen-bond donors (Lipinski definition) is 0. The Bertz CT molecular complexity index is 827. The summed E-state index contributed by atoms with van der Waals surface area (Å²) in [6, 6.07) is 7.09. The van der Waals surface area contributed by atoms with Crippen molar-refractivity contribution in [3.63, 3.8) is 0 Å². The summed E-state index contributed by atoms with van der Waals surface area (Å²) in [7, 11) is 3.52. The highest BCUT2D eigenvalue weighted by molar-refractivity contribution is 7.80. The second-order valence-electron chi connectivity index (χ2n) is 6.51. The van der Waals surface area contributed by atoms with E-state index < -0.39 is 34.6 Å². The minimum atomic E-state index is -1.65. The first-order valence-corrected chi connectivity index (χ1v) is 10.7. The van der Waals surface area contributed by atoms with Gasteiger partial charge in [-0.1, -0.05) is 42.0 Å². The van der Waals surface area contributed by atoms with Crippen LogP contribution in [0, 0.1) is 12.3 Å². The standard InChI is InChI=1S/C22H28O9S/c1-17-9-11-18(12-10-17)32(26)31-16-8-6-14-22(19(23)27-2,20(24)28-3)13-5-7-15-30-21(25)29-4/h5-12H,13-16H2,1-4H3/b7-5-,8-6-. The number of aryl methyl sites for hydroxylation is 1. The molecule has 0 aliphatic carbocycles. The Labute approximate surface area is 190 Å². The van der Waals surface area contributed by atoms with E-state index in [1.165, 1.54) is 33.5 Å². The third-order valence-electron chi connectivity index (χ3n) is 4.37. The van der Waals surface area contributed by atoms with Gasteiger partial charge in [0.15, 0.2) is 16.5 Å². The zero-order valence-electron chi connectivity index (χ0n) is 18.5. The fourth-order valence-electron chi connectivity index (χ4n) is 2.59. The van der Waals surface area contributed by atoms with Gasteiger partial charge in [-0.05, 0) is 31.9 Å². The summed E-state index contributed by atoms with van der Waals surface area (Å²) in [5, 5.41) is 0. The van der Waals surface area contributed by atoms with Gasteiger partial charge in [0, 0.05) is 0 Å². The third-order valence-corrected chi connectivity index (χ3v) is 5.37. The molecule has 1 rings (SSSR count). The van der Waals surface area contributed by atoms with Crippen LogP contribution in [0.5, 0.6) is 0 Å². The molecule has 176 valence electrons. The molecule has 32 heavy (non-hydrogen) atoms. The van der Waals surface area contributed by atoms with E-state index in [4.69, 9.17) is 18.4 Å². The Hall–Kier alpha value is -2.98. The SMILES string of the molecule is COC(=O)OC/C=C\CC(C/C=C\COS(=O)c1ccc(C)cc1)(C(=O)OC)C(=O)OC. The van der Waals surface area contributed by atoms with Gasteiger partial charge in [0.1, 0.15) is 6.61 Å². The topological polar surface area (TPSA) is 114 Å². The summed E-state index contributed by atoms with van der Waals surface area (Å²) >= 11 is -1.65. The van der Waals surface area contributed by atoms with Crippen LogP contribution in [0.2, 0.25) is 0 Å². The molecule has 0 N–H and O–H groups in total. The van der Waals surface area contributed by atoms with Crippen LogP contribution < -0.4 is 0 Å². The van der Waals surface area contributed by atoms with Crippen LogP contribution in [0.25, 0.3) is 0 Å². The van der Waals surface area contributed by atoms with E-state index in [1.54, 1.807) is 24.3 Å². The molecule has 0 aliphatic heterocycles. The van der Waals surface area contributed by atoms with E-state index >= 15 is 0 Å². The molecule has 1 atom stereocenters. The van der Waals surface area contributed by atoms with Crippen LogP contribution in [-0.4, -0.2) is 56.8 Å². The maximum absolute atomic E-state index is 12.5. The van der Waals surface area contributed by atoms with Crippen molar-refractivity contribution in [2.24, 2.45) is 5.41 Å². The molecule has 1 unspecified atom stereocenters. The molecule has 1 aromatic rings. The number of carbonyl (C=O) groups excluding carboxylic acids is 3. The van der Waals surface area contributed by atoms with Gasteiger partial charge in [-0.25, -0.2) is 9.00 Å². The molecule has 0 aliphatic rings. The highest BCUT2D eigenvalue weighted by atomic mass is 32.2. The number of hydrogen-bond acceptors (Lipinski definition) is 9. The maximum Gasteiger partial charge on any atom is 0.508 e. The molecule has 1 aromatic carbocycles. The van der Waals surface area contributed by atoms with Crippen LogP contribution in [0.3, 0.4) is 0 Å². The first kappa shape index (κ1) is 27.1. The van der Waals surface area contributed by atoms with E-state index in [0.29, 0.717) is 4.90 Å². The number of allylic oxidation sites excluding steroid dienone is 2. The van der Waals surface area contributed by atoms with Gasteiger partial charge in [-0.3, -0.25) is 13.8 Å². The predicted octanol–water partition coefficient (Wildman–Crippen LogP) is 3.04. The normalized spacial score (nSPS) is 12.5. The first-order chi connectivity index (χ1) is 15.3. The summed E-state index contributed by atoms with van der Waals surface area (Å²) in [4.78, 5) is 36.4. The maximum atomic E-state index is 12.5. The summed E-state index contributed by atoms with van der Waals surface area (Å²) in [6.07, 6.45) is 5.12. The van der Waals surface area contributed by atoms with Crippen LogP contribution in [0.4, 0.5) is 4.79 Å². The van der Waals surface area contributed by atoms with Crippen molar-refractivity contribution < 1.29 is 41.7 Å². The lowest BCUT2D eigenvalue weighted by Crippen LogP contribution is -2.40. The molecule has 0 radical (unpaired) electrons. The van der Waals surface area contributed by atoms with E-state index in [1.807, 2.05) is 19.1 Å². The Morgan fingerprint density at radius 3 is 1.88 bits per heavy atom. The van der Waals surface area contributed by atoms with Crippen molar-refractivity contribution >= 4 is 29.2 Å². The van der Waals surface area contributed by atoms with Crippen molar-refractivity contribution in [1.29, 1.82) is 0 Å². The van der Waals surface area contributed by atoms with Crippen molar-refractivity contribution in [3.8, 4) is 0 Å². The predicted molar refractivity (Wildman–Crippen MR) is 116 cm³/mol. The zero-order chi connectivity index (χ0) is 24.0. The highest BCUT2D eigenvalue weighted by Gasteiger charge is 2.46. The number of benzene rings is 1. The second-order valence-corrected chi connectivity index (χ2v) is 7.69. The number of ether oxygens (including phenoxy) is 4. The van der Waals surface area contributed by atoms with Crippen molar-refractivity contribution in [2.45, 2.75) is 24.7 Å². The fourth-order valence-corrected chi connectivity index (χ4v) is 3.29.